The van der Waals surface area contributed by atoms with E-state index in [4.69, 9.17) is 9.47 Å². The second kappa shape index (κ2) is 8.52. The molecule has 0 heterocycles. The maximum absolute atomic E-state index is 12.0. The summed E-state index contributed by atoms with van der Waals surface area (Å²) in [6.45, 7) is 8.42. The minimum Gasteiger partial charge on any atom is -0.484 e. The van der Waals surface area contributed by atoms with Gasteiger partial charge in [-0.2, -0.15) is 0 Å². The van der Waals surface area contributed by atoms with Crippen LogP contribution in [-0.2, 0) is 14.9 Å². The molecule has 0 saturated carbocycles. The highest BCUT2D eigenvalue weighted by Crippen LogP contribution is 2.24. The van der Waals surface area contributed by atoms with E-state index in [1.54, 1.807) is 31.2 Å². The van der Waals surface area contributed by atoms with Crippen molar-refractivity contribution in [2.75, 3.05) is 18.5 Å². The van der Waals surface area contributed by atoms with E-state index < -0.39 is 0 Å². The first-order valence-electron chi connectivity index (χ1n) is 8.60. The number of nitrogens with one attached hydrogen (secondary N) is 1. The van der Waals surface area contributed by atoms with Gasteiger partial charge in [0.2, 0.25) is 0 Å². The number of hydrogen-bond acceptors (Lipinski definition) is 4. The number of benzene rings is 2. The fourth-order valence-corrected chi connectivity index (χ4v) is 2.30. The van der Waals surface area contributed by atoms with Gasteiger partial charge in [0, 0.05) is 5.69 Å². The monoisotopic (exact) mass is 355 g/mol. The number of amides is 1. The summed E-state index contributed by atoms with van der Waals surface area (Å²) in [5.41, 5.74) is 2.32. The van der Waals surface area contributed by atoms with Crippen LogP contribution in [0.25, 0.3) is 0 Å². The minimum atomic E-state index is -0.382. The smallest absolute Gasteiger partial charge is 0.338 e. The van der Waals surface area contributed by atoms with Crippen molar-refractivity contribution in [2.45, 2.75) is 33.1 Å². The Morgan fingerprint density at radius 2 is 1.58 bits per heavy atom. The molecule has 26 heavy (non-hydrogen) atoms. The van der Waals surface area contributed by atoms with Crippen LogP contribution in [0.3, 0.4) is 0 Å². The molecule has 0 unspecified atom stereocenters. The van der Waals surface area contributed by atoms with Crippen molar-refractivity contribution in [3.8, 4) is 5.75 Å². The van der Waals surface area contributed by atoms with Gasteiger partial charge in [-0.15, -0.1) is 0 Å². The van der Waals surface area contributed by atoms with Crippen LogP contribution in [0, 0.1) is 0 Å². The van der Waals surface area contributed by atoms with E-state index in [0.717, 1.165) is 0 Å². The standard InChI is InChI=1S/C21H25NO4/c1-5-25-20(24)15-6-10-17(11-7-15)22-19(23)14-26-18-12-8-16(9-13-18)21(2,3)4/h6-13H,5,14H2,1-4H3,(H,22,23). The van der Waals surface area contributed by atoms with Gasteiger partial charge in [0.05, 0.1) is 12.2 Å². The molecule has 2 rings (SSSR count). The molecule has 0 aliphatic carbocycles. The number of carbonyl (C=O) groups excluding carboxylic acids is 2. The number of anilines is 1. The van der Waals surface area contributed by atoms with Crippen LogP contribution in [0.2, 0.25) is 0 Å². The topological polar surface area (TPSA) is 64.6 Å². The van der Waals surface area contributed by atoms with Gasteiger partial charge in [-0.25, -0.2) is 4.79 Å². The van der Waals surface area contributed by atoms with Gasteiger partial charge < -0.3 is 14.8 Å². The molecule has 138 valence electrons. The number of hydrogen-bond donors (Lipinski definition) is 1. The molecule has 0 aliphatic heterocycles. The molecule has 2 aromatic rings. The van der Waals surface area contributed by atoms with Crippen molar-refractivity contribution in [1.82, 2.24) is 0 Å². The molecule has 1 N–H and O–H groups in total. The Morgan fingerprint density at radius 1 is 0.962 bits per heavy atom. The largest absolute Gasteiger partial charge is 0.484 e. The molecular weight excluding hydrogens is 330 g/mol. The lowest BCUT2D eigenvalue weighted by molar-refractivity contribution is -0.118. The third-order valence-corrected chi connectivity index (χ3v) is 3.77. The Labute approximate surface area is 154 Å². The summed E-state index contributed by atoms with van der Waals surface area (Å²) >= 11 is 0. The van der Waals surface area contributed by atoms with Gasteiger partial charge in [-0.05, 0) is 54.3 Å². The van der Waals surface area contributed by atoms with Gasteiger partial charge in [-0.3, -0.25) is 4.79 Å². The molecule has 0 atom stereocenters. The molecule has 0 aromatic heterocycles. The van der Waals surface area contributed by atoms with Crippen molar-refractivity contribution in [3.05, 3.63) is 59.7 Å². The molecule has 2 aromatic carbocycles. The summed E-state index contributed by atoms with van der Waals surface area (Å²) in [6.07, 6.45) is 0. The van der Waals surface area contributed by atoms with Gasteiger partial charge in [-0.1, -0.05) is 32.9 Å². The molecule has 5 nitrogen and oxygen atoms in total. The van der Waals surface area contributed by atoms with Gasteiger partial charge in [0.25, 0.3) is 5.91 Å². The van der Waals surface area contributed by atoms with Crippen LogP contribution in [-0.4, -0.2) is 25.1 Å². The van der Waals surface area contributed by atoms with Crippen LogP contribution < -0.4 is 10.1 Å². The predicted molar refractivity (Wildman–Crippen MR) is 102 cm³/mol. The van der Waals surface area contributed by atoms with E-state index in [2.05, 4.69) is 26.1 Å². The average Bonchev–Trinajstić information content (AvgIpc) is 2.60. The van der Waals surface area contributed by atoms with E-state index in [-0.39, 0.29) is 23.9 Å². The highest BCUT2D eigenvalue weighted by atomic mass is 16.5. The first-order chi connectivity index (χ1) is 12.3. The molecule has 1 amide bonds. The summed E-state index contributed by atoms with van der Waals surface area (Å²) in [6, 6.07) is 14.3. The third kappa shape index (κ3) is 5.62. The molecule has 0 saturated heterocycles. The van der Waals surface area contributed by atoms with Gasteiger partial charge in [0.1, 0.15) is 5.75 Å². The molecule has 0 fully saturated rings. The van der Waals surface area contributed by atoms with Gasteiger partial charge in [0.15, 0.2) is 6.61 Å². The lowest BCUT2D eigenvalue weighted by atomic mass is 9.87. The van der Waals surface area contributed by atoms with Crippen LogP contribution in [0.15, 0.2) is 48.5 Å². The minimum absolute atomic E-state index is 0.0750. The molecule has 0 spiro atoms. The Kier molecular flexibility index (Phi) is 6.39. The quantitative estimate of drug-likeness (QED) is 0.790. The Morgan fingerprint density at radius 3 is 2.12 bits per heavy atom. The van der Waals surface area contributed by atoms with Crippen LogP contribution in [0.4, 0.5) is 5.69 Å². The summed E-state index contributed by atoms with van der Waals surface area (Å²) < 4.78 is 10.4. The Bertz CT molecular complexity index is 743. The number of esters is 1. The van der Waals surface area contributed by atoms with E-state index in [9.17, 15) is 9.59 Å². The van der Waals surface area contributed by atoms with Crippen molar-refractivity contribution in [3.63, 3.8) is 0 Å². The van der Waals surface area contributed by atoms with Crippen molar-refractivity contribution in [1.29, 1.82) is 0 Å². The first-order valence-corrected chi connectivity index (χ1v) is 8.60. The summed E-state index contributed by atoms with van der Waals surface area (Å²) in [4.78, 5) is 23.6. The second-order valence-electron chi connectivity index (χ2n) is 6.91. The SMILES string of the molecule is CCOC(=O)c1ccc(NC(=O)COc2ccc(C(C)(C)C)cc2)cc1. The van der Waals surface area contributed by atoms with Crippen LogP contribution in [0.1, 0.15) is 43.6 Å². The third-order valence-electron chi connectivity index (χ3n) is 3.77. The van der Waals surface area contributed by atoms with Crippen molar-refractivity contribution < 1.29 is 19.1 Å². The second-order valence-corrected chi connectivity index (χ2v) is 6.91. The van der Waals surface area contributed by atoms with E-state index in [1.807, 2.05) is 24.3 Å². The molecule has 0 radical (unpaired) electrons. The zero-order valence-electron chi connectivity index (χ0n) is 15.7. The van der Waals surface area contributed by atoms with E-state index >= 15 is 0 Å². The number of rotatable bonds is 6. The lowest BCUT2D eigenvalue weighted by Crippen LogP contribution is -2.20. The summed E-state index contributed by atoms with van der Waals surface area (Å²) in [7, 11) is 0. The first kappa shape index (κ1) is 19.5. The molecule has 5 heteroatoms. The van der Waals surface area contributed by atoms with Crippen LogP contribution in [0.5, 0.6) is 5.75 Å². The van der Waals surface area contributed by atoms with E-state index in [1.165, 1.54) is 5.56 Å². The molecule has 0 bridgehead atoms. The zero-order valence-corrected chi connectivity index (χ0v) is 15.7. The lowest BCUT2D eigenvalue weighted by Gasteiger charge is -2.19. The summed E-state index contributed by atoms with van der Waals surface area (Å²) in [5.74, 6) is -0.00740. The maximum atomic E-state index is 12.0. The van der Waals surface area contributed by atoms with Crippen LogP contribution >= 0.6 is 0 Å². The highest BCUT2D eigenvalue weighted by molar-refractivity contribution is 5.93. The molecule has 0 aliphatic rings. The van der Waals surface area contributed by atoms with Crippen molar-refractivity contribution >= 4 is 17.6 Å². The fraction of sp³-hybridized carbons (Fsp3) is 0.333. The maximum Gasteiger partial charge on any atom is 0.338 e. The zero-order chi connectivity index (χ0) is 19.2. The average molecular weight is 355 g/mol. The van der Waals surface area contributed by atoms with E-state index in [0.29, 0.717) is 23.6 Å². The van der Waals surface area contributed by atoms with Gasteiger partial charge >= 0.3 is 5.97 Å². The Hall–Kier alpha value is -2.82. The molecular formula is C21H25NO4. The number of carbonyl (C=O) groups is 2. The summed E-state index contributed by atoms with van der Waals surface area (Å²) in [5, 5.41) is 2.73. The highest BCUT2D eigenvalue weighted by Gasteiger charge is 2.13. The van der Waals surface area contributed by atoms with Crippen molar-refractivity contribution in [2.24, 2.45) is 0 Å². The Balaban J connectivity index is 1.86. The predicted octanol–water partition coefficient (Wildman–Crippen LogP) is 4.18. The number of ether oxygens (including phenoxy) is 2. The normalized spacial score (nSPS) is 10.9. The fourth-order valence-electron chi connectivity index (χ4n) is 2.30.